The summed E-state index contributed by atoms with van der Waals surface area (Å²) < 4.78 is 5.81. The maximum atomic E-state index is 11.8. The van der Waals surface area contributed by atoms with Gasteiger partial charge in [0.05, 0.1) is 24.8 Å². The molecule has 5 nitrogen and oxygen atoms in total. The summed E-state index contributed by atoms with van der Waals surface area (Å²) in [6.07, 6.45) is -0.0624. The molecule has 0 saturated carbocycles. The van der Waals surface area contributed by atoms with Crippen LogP contribution in [0.1, 0.15) is 13.3 Å². The minimum atomic E-state index is -1.20. The van der Waals surface area contributed by atoms with Crippen LogP contribution in [0, 0.1) is 0 Å². The second-order valence-corrected chi connectivity index (χ2v) is 5.13. The number of anilines is 1. The number of halogens is 1. The molecule has 0 bridgehead atoms. The van der Waals surface area contributed by atoms with Gasteiger partial charge in [-0.2, -0.15) is 0 Å². The van der Waals surface area contributed by atoms with Gasteiger partial charge >= 0.3 is 0 Å². The zero-order chi connectivity index (χ0) is 13.8. The molecule has 1 atom stereocenters. The highest BCUT2D eigenvalue weighted by Crippen LogP contribution is 2.27. The van der Waals surface area contributed by atoms with E-state index in [4.69, 9.17) is 10.5 Å². The number of amides is 1. The van der Waals surface area contributed by atoms with Crippen molar-refractivity contribution in [3.05, 3.63) is 22.7 Å². The quantitative estimate of drug-likeness (QED) is 0.768. The zero-order valence-corrected chi connectivity index (χ0v) is 12.0. The van der Waals surface area contributed by atoms with Crippen molar-refractivity contribution in [1.29, 1.82) is 0 Å². The number of methoxy groups -OCH3 is 1. The minimum absolute atomic E-state index is 0.0275. The molecule has 0 aliphatic carbocycles. The van der Waals surface area contributed by atoms with Gasteiger partial charge in [0.15, 0.2) is 0 Å². The molecule has 0 aliphatic heterocycles. The number of aliphatic hydroxyl groups is 1. The second-order valence-electron chi connectivity index (χ2n) is 4.27. The Kier molecular flexibility index (Phi) is 5.13. The summed E-state index contributed by atoms with van der Waals surface area (Å²) in [6, 6.07) is 5.24. The molecular weight excluding hydrogens is 300 g/mol. The van der Waals surface area contributed by atoms with Crippen molar-refractivity contribution in [3.8, 4) is 5.75 Å². The van der Waals surface area contributed by atoms with E-state index in [9.17, 15) is 9.90 Å². The van der Waals surface area contributed by atoms with E-state index >= 15 is 0 Å². The Morgan fingerprint density at radius 2 is 2.28 bits per heavy atom. The van der Waals surface area contributed by atoms with Crippen LogP contribution >= 0.6 is 15.9 Å². The predicted octanol–water partition coefficient (Wildman–Crippen LogP) is 1.50. The fourth-order valence-electron chi connectivity index (χ4n) is 1.34. The van der Waals surface area contributed by atoms with Crippen LogP contribution in [0.2, 0.25) is 0 Å². The summed E-state index contributed by atoms with van der Waals surface area (Å²) in [7, 11) is 1.55. The van der Waals surface area contributed by atoms with Crippen molar-refractivity contribution < 1.29 is 14.6 Å². The average Bonchev–Trinajstić information content (AvgIpc) is 2.31. The van der Waals surface area contributed by atoms with Gasteiger partial charge in [0.2, 0.25) is 5.91 Å². The summed E-state index contributed by atoms with van der Waals surface area (Å²) in [5.41, 5.74) is 4.76. The number of hydrogen-bond donors (Lipinski definition) is 3. The standard InChI is InChI=1S/C12H17BrN2O3/c1-12(17,7-14)6-11(16)15-10-5-8(18-2)3-4-9(10)13/h3-5,17H,6-7,14H2,1-2H3,(H,15,16). The predicted molar refractivity (Wildman–Crippen MR) is 73.6 cm³/mol. The van der Waals surface area contributed by atoms with Crippen LogP contribution in [0.4, 0.5) is 5.69 Å². The van der Waals surface area contributed by atoms with Crippen molar-refractivity contribution in [2.24, 2.45) is 5.73 Å². The van der Waals surface area contributed by atoms with E-state index in [0.717, 1.165) is 4.47 Å². The lowest BCUT2D eigenvalue weighted by Crippen LogP contribution is -2.38. The number of carbonyl (C=O) groups excluding carboxylic acids is 1. The number of carbonyl (C=O) groups is 1. The molecule has 1 amide bonds. The molecule has 100 valence electrons. The van der Waals surface area contributed by atoms with Gasteiger partial charge in [-0.25, -0.2) is 0 Å². The normalized spacial score (nSPS) is 13.8. The first-order valence-electron chi connectivity index (χ1n) is 5.44. The molecule has 0 radical (unpaired) electrons. The third-order valence-corrected chi connectivity index (χ3v) is 3.12. The molecule has 1 aromatic carbocycles. The van der Waals surface area contributed by atoms with Gasteiger partial charge in [-0.1, -0.05) is 0 Å². The van der Waals surface area contributed by atoms with Gasteiger partial charge in [0.1, 0.15) is 5.75 Å². The Morgan fingerprint density at radius 3 is 2.83 bits per heavy atom. The van der Waals surface area contributed by atoms with Crippen LogP contribution in [0.25, 0.3) is 0 Å². The lowest BCUT2D eigenvalue weighted by molar-refractivity contribution is -0.120. The number of hydrogen-bond acceptors (Lipinski definition) is 4. The molecule has 0 aromatic heterocycles. The third-order valence-electron chi connectivity index (χ3n) is 2.43. The number of nitrogens with two attached hydrogens (primary N) is 1. The molecule has 1 rings (SSSR count). The van der Waals surface area contributed by atoms with Crippen LogP contribution in [0.15, 0.2) is 22.7 Å². The molecule has 1 aromatic rings. The highest BCUT2D eigenvalue weighted by atomic mass is 79.9. The summed E-state index contributed by atoms with van der Waals surface area (Å²) in [5, 5.41) is 12.4. The van der Waals surface area contributed by atoms with Crippen molar-refractivity contribution in [3.63, 3.8) is 0 Å². The third kappa shape index (κ3) is 4.29. The molecular formula is C12H17BrN2O3. The monoisotopic (exact) mass is 316 g/mol. The van der Waals surface area contributed by atoms with E-state index in [1.165, 1.54) is 6.92 Å². The van der Waals surface area contributed by atoms with Gasteiger partial charge in [0.25, 0.3) is 0 Å². The number of nitrogens with one attached hydrogen (secondary N) is 1. The largest absolute Gasteiger partial charge is 0.497 e. The maximum Gasteiger partial charge on any atom is 0.227 e. The van der Waals surface area contributed by atoms with E-state index in [2.05, 4.69) is 21.2 Å². The molecule has 0 saturated heterocycles. The smallest absolute Gasteiger partial charge is 0.227 e. The van der Waals surface area contributed by atoms with Gasteiger partial charge in [-0.3, -0.25) is 4.79 Å². The van der Waals surface area contributed by atoms with Crippen molar-refractivity contribution in [2.75, 3.05) is 19.0 Å². The Hall–Kier alpha value is -1.11. The lowest BCUT2D eigenvalue weighted by atomic mass is 10.0. The molecule has 6 heteroatoms. The van der Waals surface area contributed by atoms with Gasteiger partial charge in [-0.05, 0) is 35.0 Å². The number of rotatable bonds is 5. The van der Waals surface area contributed by atoms with Crippen molar-refractivity contribution in [1.82, 2.24) is 0 Å². The SMILES string of the molecule is COc1ccc(Br)c(NC(=O)CC(C)(O)CN)c1. The molecule has 0 heterocycles. The van der Waals surface area contributed by atoms with Crippen molar-refractivity contribution >= 4 is 27.5 Å². The van der Waals surface area contributed by atoms with E-state index in [0.29, 0.717) is 11.4 Å². The van der Waals surface area contributed by atoms with Crippen LogP contribution in [-0.4, -0.2) is 30.3 Å². The fourth-order valence-corrected chi connectivity index (χ4v) is 1.69. The second kappa shape index (κ2) is 6.17. The first-order valence-corrected chi connectivity index (χ1v) is 6.23. The number of benzene rings is 1. The molecule has 0 aliphatic rings. The topological polar surface area (TPSA) is 84.6 Å². The van der Waals surface area contributed by atoms with E-state index in [1.807, 2.05) is 0 Å². The van der Waals surface area contributed by atoms with Crippen LogP contribution < -0.4 is 15.8 Å². The lowest BCUT2D eigenvalue weighted by Gasteiger charge is -2.20. The van der Waals surface area contributed by atoms with Gasteiger partial charge in [0, 0.05) is 17.1 Å². The fraction of sp³-hybridized carbons (Fsp3) is 0.417. The van der Waals surface area contributed by atoms with E-state index in [1.54, 1.807) is 25.3 Å². The first kappa shape index (κ1) is 14.9. The Bertz CT molecular complexity index is 435. The zero-order valence-electron chi connectivity index (χ0n) is 10.4. The Balaban J connectivity index is 2.75. The summed E-state index contributed by atoms with van der Waals surface area (Å²) in [5.74, 6) is 0.332. The van der Waals surface area contributed by atoms with E-state index in [-0.39, 0.29) is 18.9 Å². The Labute approximate surface area is 114 Å². The first-order chi connectivity index (χ1) is 8.38. The molecule has 18 heavy (non-hydrogen) atoms. The summed E-state index contributed by atoms with van der Waals surface area (Å²) in [4.78, 5) is 11.8. The molecule has 0 fully saturated rings. The molecule has 0 spiro atoms. The van der Waals surface area contributed by atoms with E-state index < -0.39 is 5.60 Å². The average molecular weight is 317 g/mol. The summed E-state index contributed by atoms with van der Waals surface area (Å²) >= 11 is 3.33. The maximum absolute atomic E-state index is 11.8. The van der Waals surface area contributed by atoms with Crippen molar-refractivity contribution in [2.45, 2.75) is 18.9 Å². The molecule has 1 unspecified atom stereocenters. The minimum Gasteiger partial charge on any atom is -0.497 e. The number of ether oxygens (including phenoxy) is 1. The highest BCUT2D eigenvalue weighted by Gasteiger charge is 2.22. The van der Waals surface area contributed by atoms with Crippen LogP contribution in [0.3, 0.4) is 0 Å². The van der Waals surface area contributed by atoms with Gasteiger partial charge < -0.3 is 20.9 Å². The Morgan fingerprint density at radius 1 is 1.61 bits per heavy atom. The van der Waals surface area contributed by atoms with Crippen LogP contribution in [-0.2, 0) is 4.79 Å². The van der Waals surface area contributed by atoms with Gasteiger partial charge in [-0.15, -0.1) is 0 Å². The molecule has 4 N–H and O–H groups in total. The highest BCUT2D eigenvalue weighted by molar-refractivity contribution is 9.10. The van der Waals surface area contributed by atoms with Crippen LogP contribution in [0.5, 0.6) is 5.75 Å². The summed E-state index contributed by atoms with van der Waals surface area (Å²) in [6.45, 7) is 1.55.